The number of nitrogens with zero attached hydrogens (tertiary/aromatic N) is 1. The molecule has 7 heteroatoms. The van der Waals surface area contributed by atoms with Crippen LogP contribution in [0.1, 0.15) is 24.9 Å². The Morgan fingerprint density at radius 3 is 2.83 bits per heavy atom. The summed E-state index contributed by atoms with van der Waals surface area (Å²) in [6, 6.07) is 11.5. The van der Waals surface area contributed by atoms with Crippen molar-refractivity contribution in [3.63, 3.8) is 0 Å². The van der Waals surface area contributed by atoms with E-state index in [1.165, 1.54) is 15.9 Å². The summed E-state index contributed by atoms with van der Waals surface area (Å²) >= 11 is 6.60. The molecule has 1 atom stereocenters. The summed E-state index contributed by atoms with van der Waals surface area (Å²) in [4.78, 5) is 27.6. The maximum absolute atomic E-state index is 12.4. The van der Waals surface area contributed by atoms with E-state index >= 15 is 0 Å². The van der Waals surface area contributed by atoms with Gasteiger partial charge in [0.15, 0.2) is 4.77 Å². The normalized spacial score (nSPS) is 12.2. The number of hydrogen-bond donors (Lipinski definition) is 2. The summed E-state index contributed by atoms with van der Waals surface area (Å²) in [5.74, 6) is -0.112. The highest BCUT2D eigenvalue weighted by Crippen LogP contribution is 2.14. The lowest BCUT2D eigenvalue weighted by molar-refractivity contribution is -0.121. The first-order chi connectivity index (χ1) is 11.6. The van der Waals surface area contributed by atoms with Gasteiger partial charge in [0, 0.05) is 13.0 Å². The lowest BCUT2D eigenvalue weighted by Gasteiger charge is -2.14. The molecule has 3 rings (SSSR count). The Morgan fingerprint density at radius 1 is 1.33 bits per heavy atom. The monoisotopic (exact) mass is 359 g/mol. The van der Waals surface area contributed by atoms with E-state index in [0.717, 1.165) is 11.1 Å². The molecule has 0 aliphatic carbocycles. The first kappa shape index (κ1) is 16.6. The highest BCUT2D eigenvalue weighted by atomic mass is 32.1. The van der Waals surface area contributed by atoms with E-state index in [9.17, 15) is 9.59 Å². The van der Waals surface area contributed by atoms with Crippen molar-refractivity contribution in [2.24, 2.45) is 0 Å². The molecule has 0 aliphatic heterocycles. The molecule has 0 spiro atoms. The predicted molar refractivity (Wildman–Crippen MR) is 98.9 cm³/mol. The second-order valence-corrected chi connectivity index (χ2v) is 6.80. The summed E-state index contributed by atoms with van der Waals surface area (Å²) in [5.41, 5.74) is 1.64. The molecule has 2 N–H and O–H groups in total. The summed E-state index contributed by atoms with van der Waals surface area (Å²) in [5, 5.41) is 4.78. The minimum absolute atomic E-state index is 0.0790. The molecule has 1 aromatic carbocycles. The highest BCUT2D eigenvalue weighted by Gasteiger charge is 2.11. The number of thiophene rings is 1. The number of benzene rings is 1. The number of hydrogen-bond acceptors (Lipinski definition) is 4. The number of carbonyl (C=O) groups is 1. The van der Waals surface area contributed by atoms with Gasteiger partial charge in [-0.1, -0.05) is 30.3 Å². The summed E-state index contributed by atoms with van der Waals surface area (Å²) < 4.78 is 2.41. The zero-order valence-corrected chi connectivity index (χ0v) is 14.7. The van der Waals surface area contributed by atoms with Gasteiger partial charge in [0.05, 0.1) is 11.6 Å². The van der Waals surface area contributed by atoms with Gasteiger partial charge in [-0.2, -0.15) is 0 Å². The van der Waals surface area contributed by atoms with Gasteiger partial charge in [-0.3, -0.25) is 14.2 Å². The van der Waals surface area contributed by atoms with Crippen molar-refractivity contribution < 1.29 is 4.79 Å². The Kier molecular flexibility index (Phi) is 4.92. The second kappa shape index (κ2) is 7.11. The van der Waals surface area contributed by atoms with Crippen LogP contribution < -0.4 is 10.9 Å². The van der Waals surface area contributed by atoms with Gasteiger partial charge in [-0.25, -0.2) is 0 Å². The minimum atomic E-state index is -0.146. The van der Waals surface area contributed by atoms with Crippen LogP contribution in [0.4, 0.5) is 0 Å². The third-order valence-electron chi connectivity index (χ3n) is 3.83. The van der Waals surface area contributed by atoms with Crippen LogP contribution in [0.2, 0.25) is 0 Å². The standard InChI is InChI=1S/C17H17N3O2S2/c1-11(12-5-3-2-4-6-12)18-14(21)7-9-20-16(22)15-13(8-10-24-15)19-17(20)23/h2-6,8,10-11H,7,9H2,1H3,(H,18,21)(H,19,23)/t11-/m1/s1. The maximum Gasteiger partial charge on any atom is 0.272 e. The Labute approximate surface area is 148 Å². The van der Waals surface area contributed by atoms with Crippen molar-refractivity contribution in [1.82, 2.24) is 14.9 Å². The SMILES string of the molecule is C[C@@H](NC(=O)CCn1c(=S)[nH]c2ccsc2c1=O)c1ccccc1. The van der Waals surface area contributed by atoms with Gasteiger partial charge in [0.1, 0.15) is 4.70 Å². The van der Waals surface area contributed by atoms with E-state index < -0.39 is 0 Å². The smallest absolute Gasteiger partial charge is 0.272 e. The lowest BCUT2D eigenvalue weighted by atomic mass is 10.1. The van der Waals surface area contributed by atoms with Crippen molar-refractivity contribution in [1.29, 1.82) is 0 Å². The van der Waals surface area contributed by atoms with Crippen LogP contribution in [-0.4, -0.2) is 15.5 Å². The molecule has 1 amide bonds. The van der Waals surface area contributed by atoms with Crippen LogP contribution in [0.5, 0.6) is 0 Å². The summed E-state index contributed by atoms with van der Waals surface area (Å²) in [6.07, 6.45) is 0.200. The molecule has 3 aromatic rings. The van der Waals surface area contributed by atoms with E-state index in [4.69, 9.17) is 12.2 Å². The highest BCUT2D eigenvalue weighted by molar-refractivity contribution is 7.71. The van der Waals surface area contributed by atoms with E-state index in [-0.39, 0.29) is 30.5 Å². The first-order valence-electron chi connectivity index (χ1n) is 7.61. The van der Waals surface area contributed by atoms with Crippen molar-refractivity contribution in [3.8, 4) is 0 Å². The number of rotatable bonds is 5. The fourth-order valence-corrected chi connectivity index (χ4v) is 3.61. The van der Waals surface area contributed by atoms with Gasteiger partial charge >= 0.3 is 0 Å². The van der Waals surface area contributed by atoms with Crippen molar-refractivity contribution in [2.45, 2.75) is 25.9 Å². The molecular weight excluding hydrogens is 342 g/mol. The van der Waals surface area contributed by atoms with Crippen molar-refractivity contribution in [3.05, 3.63) is 62.5 Å². The molecule has 0 aliphatic rings. The number of H-pyrrole nitrogens is 1. The van der Waals surface area contributed by atoms with E-state index in [1.807, 2.05) is 48.7 Å². The molecule has 0 radical (unpaired) electrons. The number of aromatic nitrogens is 2. The molecule has 0 fully saturated rings. The average molecular weight is 359 g/mol. The molecule has 5 nitrogen and oxygen atoms in total. The number of nitrogens with one attached hydrogen (secondary N) is 2. The fourth-order valence-electron chi connectivity index (χ4n) is 2.53. The molecule has 0 saturated heterocycles. The molecule has 24 heavy (non-hydrogen) atoms. The van der Waals surface area contributed by atoms with Gasteiger partial charge in [0.2, 0.25) is 5.91 Å². The molecular formula is C17H17N3O2S2. The molecule has 2 heterocycles. The average Bonchev–Trinajstić information content (AvgIpc) is 3.04. The van der Waals surface area contributed by atoms with Crippen molar-refractivity contribution >= 4 is 39.7 Å². The predicted octanol–water partition coefficient (Wildman–Crippen LogP) is 3.39. The second-order valence-electron chi connectivity index (χ2n) is 5.50. The van der Waals surface area contributed by atoms with Crippen LogP contribution in [0.3, 0.4) is 0 Å². The van der Waals surface area contributed by atoms with E-state index in [0.29, 0.717) is 9.47 Å². The maximum atomic E-state index is 12.4. The van der Waals surface area contributed by atoms with E-state index in [2.05, 4.69) is 10.3 Å². The van der Waals surface area contributed by atoms with Gasteiger partial charge in [-0.15, -0.1) is 11.3 Å². The number of amides is 1. The van der Waals surface area contributed by atoms with Crippen LogP contribution in [0.15, 0.2) is 46.6 Å². The van der Waals surface area contributed by atoms with Gasteiger partial charge < -0.3 is 10.3 Å². The number of aromatic amines is 1. The molecule has 0 saturated carbocycles. The Bertz CT molecular complexity index is 973. The topological polar surface area (TPSA) is 66.9 Å². The van der Waals surface area contributed by atoms with E-state index in [1.54, 1.807) is 0 Å². The summed E-state index contributed by atoms with van der Waals surface area (Å²) in [6.45, 7) is 2.19. The lowest BCUT2D eigenvalue weighted by Crippen LogP contribution is -2.29. The van der Waals surface area contributed by atoms with Crippen molar-refractivity contribution in [2.75, 3.05) is 0 Å². The first-order valence-corrected chi connectivity index (χ1v) is 8.89. The molecule has 0 bridgehead atoms. The van der Waals surface area contributed by atoms with Gasteiger partial charge in [-0.05, 0) is 36.2 Å². The minimum Gasteiger partial charge on any atom is -0.350 e. The van der Waals surface area contributed by atoms with Crippen LogP contribution >= 0.6 is 23.6 Å². The fraction of sp³-hybridized carbons (Fsp3) is 0.235. The molecule has 2 aromatic heterocycles. The largest absolute Gasteiger partial charge is 0.350 e. The number of carbonyl (C=O) groups excluding carboxylic acids is 1. The number of fused-ring (bicyclic) bond motifs is 1. The third-order valence-corrected chi connectivity index (χ3v) is 5.06. The Hall–Kier alpha value is -2.25. The van der Waals surface area contributed by atoms with Crippen LogP contribution in [0, 0.1) is 4.77 Å². The van der Waals surface area contributed by atoms with Crippen LogP contribution in [0.25, 0.3) is 10.2 Å². The Morgan fingerprint density at radius 2 is 2.08 bits per heavy atom. The quantitative estimate of drug-likeness (QED) is 0.686. The van der Waals surface area contributed by atoms with Gasteiger partial charge in [0.25, 0.3) is 5.56 Å². The third kappa shape index (κ3) is 3.47. The van der Waals surface area contributed by atoms with Crippen LogP contribution in [-0.2, 0) is 11.3 Å². The Balaban J connectivity index is 1.69. The zero-order chi connectivity index (χ0) is 17.1. The summed E-state index contributed by atoms with van der Waals surface area (Å²) in [7, 11) is 0. The molecule has 124 valence electrons. The molecule has 0 unspecified atom stereocenters. The zero-order valence-electron chi connectivity index (χ0n) is 13.1.